The highest BCUT2D eigenvalue weighted by atomic mass is 19.1. The van der Waals surface area contributed by atoms with Gasteiger partial charge in [0.2, 0.25) is 0 Å². The summed E-state index contributed by atoms with van der Waals surface area (Å²) in [5.41, 5.74) is 1.18. The maximum Gasteiger partial charge on any atom is 0.256 e. The maximum absolute atomic E-state index is 13.3. The normalized spacial score (nSPS) is 17.1. The fourth-order valence-electron chi connectivity index (χ4n) is 3.85. The minimum absolute atomic E-state index is 0.153. The number of halogens is 1. The molecule has 3 heterocycles. The van der Waals surface area contributed by atoms with Crippen LogP contribution in [0.15, 0.2) is 55.0 Å². The quantitative estimate of drug-likeness (QED) is 0.714. The molecule has 1 amide bonds. The molecule has 0 unspecified atom stereocenters. The summed E-state index contributed by atoms with van der Waals surface area (Å²) in [5, 5.41) is 7.48. The number of nitrogens with zero attached hydrogens (tertiary/aromatic N) is 4. The van der Waals surface area contributed by atoms with Crippen molar-refractivity contribution in [3.8, 4) is 11.5 Å². The second-order valence-corrected chi connectivity index (χ2v) is 7.00. The number of likely N-dealkylation sites (N-methyl/N-ethyl adjacent to an activating group) is 1. The van der Waals surface area contributed by atoms with E-state index in [0.29, 0.717) is 29.7 Å². The summed E-state index contributed by atoms with van der Waals surface area (Å²) < 4.78 is 16.8. The summed E-state index contributed by atoms with van der Waals surface area (Å²) in [6.07, 6.45) is 7.58. The van der Waals surface area contributed by atoms with E-state index >= 15 is 0 Å². The molecule has 0 radical (unpaired) electrons. The molecule has 1 N–H and O–H groups in total. The van der Waals surface area contributed by atoms with Crippen LogP contribution in [-0.2, 0) is 0 Å². The Bertz CT molecular complexity index is 932. The molecule has 1 saturated heterocycles. The van der Waals surface area contributed by atoms with Crippen molar-refractivity contribution in [2.45, 2.75) is 25.8 Å². The van der Waals surface area contributed by atoms with Crippen LogP contribution in [0.5, 0.6) is 0 Å². The van der Waals surface area contributed by atoms with Gasteiger partial charge in [0.25, 0.3) is 5.91 Å². The van der Waals surface area contributed by atoms with Gasteiger partial charge in [0.1, 0.15) is 11.4 Å². The summed E-state index contributed by atoms with van der Waals surface area (Å²) in [7, 11) is 0. The Kier molecular flexibility index (Phi) is 5.25. The number of likely N-dealkylation sites (tertiary alicyclic amines) is 1. The number of nitrogens with one attached hydrogen (secondary N) is 1. The second-order valence-electron chi connectivity index (χ2n) is 7.00. The number of rotatable bonds is 6. The summed E-state index contributed by atoms with van der Waals surface area (Å²) in [6, 6.07) is 10.2. The molecule has 146 valence electrons. The van der Waals surface area contributed by atoms with Gasteiger partial charge in [-0.05, 0) is 62.3 Å². The largest absolute Gasteiger partial charge is 0.350 e. The molecule has 0 bridgehead atoms. The third-order valence-corrected chi connectivity index (χ3v) is 5.31. The Morgan fingerprint density at radius 3 is 2.71 bits per heavy atom. The maximum atomic E-state index is 13.3. The van der Waals surface area contributed by atoms with Crippen molar-refractivity contribution in [1.29, 1.82) is 0 Å². The molecule has 6 nitrogen and oxygen atoms in total. The fourth-order valence-corrected chi connectivity index (χ4v) is 3.85. The molecule has 1 atom stereocenters. The van der Waals surface area contributed by atoms with Crippen LogP contribution in [0.2, 0.25) is 0 Å². The third-order valence-electron chi connectivity index (χ3n) is 5.31. The van der Waals surface area contributed by atoms with E-state index in [0.717, 1.165) is 19.5 Å². The summed E-state index contributed by atoms with van der Waals surface area (Å²) >= 11 is 0. The Morgan fingerprint density at radius 2 is 2.00 bits per heavy atom. The first-order valence-electron chi connectivity index (χ1n) is 9.67. The van der Waals surface area contributed by atoms with Crippen molar-refractivity contribution in [3.63, 3.8) is 0 Å². The average Bonchev–Trinajstić information content (AvgIpc) is 3.46. The van der Waals surface area contributed by atoms with Gasteiger partial charge in [-0.1, -0.05) is 6.92 Å². The van der Waals surface area contributed by atoms with Crippen molar-refractivity contribution in [3.05, 3.63) is 66.4 Å². The number of aromatic nitrogens is 3. The Hall–Kier alpha value is -2.93. The highest BCUT2D eigenvalue weighted by molar-refractivity contribution is 5.97. The van der Waals surface area contributed by atoms with Crippen LogP contribution in [0.4, 0.5) is 4.39 Å². The smallest absolute Gasteiger partial charge is 0.256 e. The van der Waals surface area contributed by atoms with E-state index in [-0.39, 0.29) is 11.7 Å². The first-order valence-corrected chi connectivity index (χ1v) is 9.67. The molecular weight excluding hydrogens is 357 g/mol. The number of benzene rings is 1. The van der Waals surface area contributed by atoms with Gasteiger partial charge in [0, 0.05) is 25.0 Å². The Morgan fingerprint density at radius 1 is 1.25 bits per heavy atom. The van der Waals surface area contributed by atoms with Gasteiger partial charge in [-0.3, -0.25) is 9.69 Å². The molecule has 0 saturated carbocycles. The minimum atomic E-state index is -0.312. The van der Waals surface area contributed by atoms with Crippen LogP contribution in [0, 0.1) is 5.82 Å². The van der Waals surface area contributed by atoms with E-state index in [1.54, 1.807) is 23.0 Å². The van der Waals surface area contributed by atoms with Crippen LogP contribution in [0.3, 0.4) is 0 Å². The molecule has 2 aromatic heterocycles. The van der Waals surface area contributed by atoms with Crippen molar-refractivity contribution in [2.75, 3.05) is 19.6 Å². The van der Waals surface area contributed by atoms with Crippen molar-refractivity contribution in [2.24, 2.45) is 0 Å². The van der Waals surface area contributed by atoms with Gasteiger partial charge < -0.3 is 9.88 Å². The number of carbonyl (C=O) groups is 1. The second kappa shape index (κ2) is 7.98. The zero-order chi connectivity index (χ0) is 19.5. The van der Waals surface area contributed by atoms with Crippen LogP contribution in [-0.4, -0.2) is 50.8 Å². The third kappa shape index (κ3) is 3.57. The Balaban J connectivity index is 1.61. The minimum Gasteiger partial charge on any atom is -0.350 e. The van der Waals surface area contributed by atoms with E-state index in [1.165, 1.54) is 18.6 Å². The molecule has 28 heavy (non-hydrogen) atoms. The number of carbonyl (C=O) groups excluding carboxylic acids is 1. The standard InChI is InChI=1S/C21H24FN5O/c1-2-25-13-5-6-18(25)14-23-20(28)19-15-24-27(17-9-7-16(22)8-10-17)21(19)26-11-3-4-12-26/h3-4,7-12,15,18H,2,5-6,13-14H2,1H3,(H,23,28)/t18-/m1/s1. The Labute approximate surface area is 163 Å². The van der Waals surface area contributed by atoms with E-state index in [4.69, 9.17) is 0 Å². The van der Waals surface area contributed by atoms with Crippen molar-refractivity contribution >= 4 is 5.91 Å². The molecule has 0 aliphatic carbocycles. The first-order chi connectivity index (χ1) is 13.7. The van der Waals surface area contributed by atoms with Crippen molar-refractivity contribution < 1.29 is 9.18 Å². The van der Waals surface area contributed by atoms with Crippen molar-refractivity contribution in [1.82, 2.24) is 24.6 Å². The molecular formula is C21H24FN5O. The van der Waals surface area contributed by atoms with Crippen LogP contribution in [0.1, 0.15) is 30.1 Å². The van der Waals surface area contributed by atoms with E-state index in [9.17, 15) is 9.18 Å². The first kappa shape index (κ1) is 18.4. The highest BCUT2D eigenvalue weighted by Gasteiger charge is 2.25. The lowest BCUT2D eigenvalue weighted by Crippen LogP contribution is -2.40. The van der Waals surface area contributed by atoms with Gasteiger partial charge >= 0.3 is 0 Å². The monoisotopic (exact) mass is 381 g/mol. The zero-order valence-corrected chi connectivity index (χ0v) is 15.9. The lowest BCUT2D eigenvalue weighted by molar-refractivity contribution is 0.0941. The number of hydrogen-bond donors (Lipinski definition) is 1. The molecule has 4 rings (SSSR count). The molecule has 1 aromatic carbocycles. The van der Waals surface area contributed by atoms with Gasteiger partial charge in [0.15, 0.2) is 5.82 Å². The van der Waals surface area contributed by atoms with Crippen LogP contribution >= 0.6 is 0 Å². The summed E-state index contributed by atoms with van der Waals surface area (Å²) in [6.45, 7) is 4.86. The number of hydrogen-bond acceptors (Lipinski definition) is 3. The lowest BCUT2D eigenvalue weighted by Gasteiger charge is -2.22. The lowest BCUT2D eigenvalue weighted by atomic mass is 10.2. The van der Waals surface area contributed by atoms with E-state index in [2.05, 4.69) is 22.2 Å². The molecule has 7 heteroatoms. The van der Waals surface area contributed by atoms with Gasteiger partial charge in [-0.2, -0.15) is 5.10 Å². The predicted octanol–water partition coefficient (Wildman–Crippen LogP) is 3.02. The fraction of sp³-hybridized carbons (Fsp3) is 0.333. The molecule has 1 fully saturated rings. The van der Waals surface area contributed by atoms with Gasteiger partial charge in [-0.15, -0.1) is 0 Å². The van der Waals surface area contributed by atoms with Crippen LogP contribution < -0.4 is 5.32 Å². The van der Waals surface area contributed by atoms with E-state index < -0.39 is 0 Å². The molecule has 1 aliphatic rings. The highest BCUT2D eigenvalue weighted by Crippen LogP contribution is 2.21. The number of amides is 1. The summed E-state index contributed by atoms with van der Waals surface area (Å²) in [5.74, 6) is 0.168. The molecule has 1 aliphatic heterocycles. The topological polar surface area (TPSA) is 55.1 Å². The van der Waals surface area contributed by atoms with Gasteiger partial charge in [-0.25, -0.2) is 9.07 Å². The predicted molar refractivity (Wildman–Crippen MR) is 105 cm³/mol. The average molecular weight is 381 g/mol. The molecule has 0 spiro atoms. The van der Waals surface area contributed by atoms with E-state index in [1.807, 2.05) is 29.1 Å². The zero-order valence-electron chi connectivity index (χ0n) is 15.9. The summed E-state index contributed by atoms with van der Waals surface area (Å²) in [4.78, 5) is 15.4. The molecule has 3 aromatic rings. The van der Waals surface area contributed by atoms with Gasteiger partial charge in [0.05, 0.1) is 11.9 Å². The van der Waals surface area contributed by atoms with Crippen LogP contribution in [0.25, 0.3) is 11.5 Å². The SMILES string of the molecule is CCN1CCC[C@@H]1CNC(=O)c1cnn(-c2ccc(F)cc2)c1-n1cccc1.